The second-order valence-electron chi connectivity index (χ2n) is 14.7. The number of nitrogens with zero attached hydrogens (tertiary/aromatic N) is 5. The quantitative estimate of drug-likeness (QED) is 0.108. The lowest BCUT2D eigenvalue weighted by molar-refractivity contribution is 0.107. The zero-order chi connectivity index (χ0) is 34.4. The molecular weight excluding hydrogens is 664 g/mol. The fourth-order valence-corrected chi connectivity index (χ4v) is 12.9. The molecule has 12 heteroatoms. The Kier molecular flexibility index (Phi) is 9.31. The molecule has 0 bridgehead atoms. The number of benzene rings is 2. The molecule has 0 amide bonds. The average molecular weight is 708 g/mol. The SMILES string of the molecule is C[C@H]1COc2nc(Cl)c(F)c3nc(OC[C@@]45CCCN4C[C@H](F)C5)nc(c23)N1CCCO[Si](c1ccccc1)(c1ccccc1)C(C)(C)C. The molecule has 0 spiro atoms. The van der Waals surface area contributed by atoms with E-state index in [0.717, 1.165) is 19.4 Å². The number of fused-ring (bicyclic) bond motifs is 1. The van der Waals surface area contributed by atoms with Gasteiger partial charge < -0.3 is 18.8 Å². The van der Waals surface area contributed by atoms with Crippen LogP contribution in [0.2, 0.25) is 10.2 Å². The number of anilines is 1. The summed E-state index contributed by atoms with van der Waals surface area (Å²) in [6, 6.07) is 21.0. The molecule has 0 radical (unpaired) electrons. The highest BCUT2D eigenvalue weighted by molar-refractivity contribution is 6.99. The third-order valence-electron chi connectivity index (χ3n) is 10.4. The Hall–Kier alpha value is -3.38. The van der Waals surface area contributed by atoms with Crippen molar-refractivity contribution in [2.75, 3.05) is 44.4 Å². The highest BCUT2D eigenvalue weighted by Gasteiger charge is 2.51. The van der Waals surface area contributed by atoms with Gasteiger partial charge >= 0.3 is 6.01 Å². The van der Waals surface area contributed by atoms with Crippen LogP contribution in [0.25, 0.3) is 10.9 Å². The first kappa shape index (κ1) is 34.1. The van der Waals surface area contributed by atoms with E-state index in [-0.39, 0.29) is 40.2 Å². The minimum absolute atomic E-state index is 0.00627. The van der Waals surface area contributed by atoms with Crippen molar-refractivity contribution in [1.29, 1.82) is 0 Å². The summed E-state index contributed by atoms with van der Waals surface area (Å²) in [6.45, 7) is 11.6. The smallest absolute Gasteiger partial charge is 0.319 e. The maximum absolute atomic E-state index is 15.6. The van der Waals surface area contributed by atoms with Gasteiger partial charge in [-0.05, 0) is 48.1 Å². The summed E-state index contributed by atoms with van der Waals surface area (Å²) in [7, 11) is -2.73. The van der Waals surface area contributed by atoms with Gasteiger partial charge in [-0.1, -0.05) is 93.0 Å². The Bertz CT molecular complexity index is 1760. The normalized spacial score (nSPS) is 22.6. The molecule has 2 aromatic carbocycles. The van der Waals surface area contributed by atoms with Crippen LogP contribution in [0.15, 0.2) is 60.7 Å². The lowest BCUT2D eigenvalue weighted by Gasteiger charge is -2.43. The first-order valence-corrected chi connectivity index (χ1v) is 19.5. The Morgan fingerprint density at radius 2 is 1.73 bits per heavy atom. The van der Waals surface area contributed by atoms with Gasteiger partial charge in [0, 0.05) is 26.1 Å². The zero-order valence-electron chi connectivity index (χ0n) is 28.6. The summed E-state index contributed by atoms with van der Waals surface area (Å²) in [5.74, 6) is -0.0889. The Balaban J connectivity index is 1.19. The van der Waals surface area contributed by atoms with Gasteiger partial charge in [-0.2, -0.15) is 15.0 Å². The summed E-state index contributed by atoms with van der Waals surface area (Å²) < 4.78 is 49.6. The van der Waals surface area contributed by atoms with E-state index in [4.69, 9.17) is 30.5 Å². The number of aromatic nitrogens is 3. The van der Waals surface area contributed by atoms with Gasteiger partial charge in [0.15, 0.2) is 11.0 Å². The molecule has 5 heterocycles. The monoisotopic (exact) mass is 707 g/mol. The van der Waals surface area contributed by atoms with Gasteiger partial charge in [0.05, 0.1) is 11.6 Å². The summed E-state index contributed by atoms with van der Waals surface area (Å²) in [5.41, 5.74) is -0.409. The maximum Gasteiger partial charge on any atom is 0.319 e. The zero-order valence-corrected chi connectivity index (χ0v) is 30.3. The molecule has 7 rings (SSSR count). The minimum Gasteiger partial charge on any atom is -0.475 e. The molecule has 2 fully saturated rings. The van der Waals surface area contributed by atoms with Crippen molar-refractivity contribution < 1.29 is 22.7 Å². The third-order valence-corrected chi connectivity index (χ3v) is 15.7. The van der Waals surface area contributed by atoms with E-state index in [1.54, 1.807) is 0 Å². The standard InChI is InChI=1S/C37H44ClF2N5O3Si/c1-25-23-46-34-29-31(30(40)32(38)42-34)41-35(47-24-37-17-11-18-44(37)22-26(39)21-37)43-33(29)45(25)19-12-20-48-49(36(2,3)4,27-13-7-5-8-14-27)28-15-9-6-10-16-28/h5-10,13-16,25-26H,11-12,17-24H2,1-4H3/t25-,26+,37-/m0/s1. The Morgan fingerprint density at radius 1 is 1.04 bits per heavy atom. The Morgan fingerprint density at radius 3 is 2.41 bits per heavy atom. The second kappa shape index (κ2) is 13.4. The van der Waals surface area contributed by atoms with E-state index in [2.05, 4.69) is 89.1 Å². The van der Waals surface area contributed by atoms with Crippen molar-refractivity contribution >= 4 is 47.0 Å². The van der Waals surface area contributed by atoms with Gasteiger partial charge in [0.25, 0.3) is 8.32 Å². The lowest BCUT2D eigenvalue weighted by Crippen LogP contribution is -2.66. The van der Waals surface area contributed by atoms with Crippen molar-refractivity contribution in [3.8, 4) is 11.9 Å². The summed E-state index contributed by atoms with van der Waals surface area (Å²) >= 11 is 6.24. The van der Waals surface area contributed by atoms with Crippen molar-refractivity contribution in [1.82, 2.24) is 19.9 Å². The number of ether oxygens (including phenoxy) is 2. The number of alkyl halides is 1. The van der Waals surface area contributed by atoms with Crippen LogP contribution in [0, 0.1) is 5.82 Å². The summed E-state index contributed by atoms with van der Waals surface area (Å²) in [4.78, 5) is 17.8. The molecule has 3 atom stereocenters. The number of hydrogen-bond donors (Lipinski definition) is 0. The number of pyridine rings is 1. The van der Waals surface area contributed by atoms with Crippen LogP contribution in [0.3, 0.4) is 0 Å². The first-order valence-electron chi connectivity index (χ1n) is 17.3. The van der Waals surface area contributed by atoms with Gasteiger partial charge in [-0.25, -0.2) is 8.78 Å². The van der Waals surface area contributed by atoms with Crippen molar-refractivity contribution in [2.45, 2.75) is 76.2 Å². The van der Waals surface area contributed by atoms with Crippen LogP contribution < -0.4 is 24.7 Å². The average Bonchev–Trinajstić information content (AvgIpc) is 3.58. The molecule has 3 aliphatic heterocycles. The molecule has 0 saturated carbocycles. The first-order chi connectivity index (χ1) is 23.5. The second-order valence-corrected chi connectivity index (χ2v) is 19.3. The van der Waals surface area contributed by atoms with E-state index in [1.165, 1.54) is 10.4 Å². The maximum atomic E-state index is 15.6. The predicted molar refractivity (Wildman–Crippen MR) is 191 cm³/mol. The molecule has 0 aliphatic carbocycles. The highest BCUT2D eigenvalue weighted by Crippen LogP contribution is 2.42. The summed E-state index contributed by atoms with van der Waals surface area (Å²) in [5, 5.41) is 2.32. The van der Waals surface area contributed by atoms with Gasteiger partial charge in [0.1, 0.15) is 36.1 Å². The van der Waals surface area contributed by atoms with E-state index in [9.17, 15) is 4.39 Å². The molecule has 3 aliphatic rings. The van der Waals surface area contributed by atoms with Crippen molar-refractivity contribution in [2.24, 2.45) is 0 Å². The molecule has 260 valence electrons. The summed E-state index contributed by atoms with van der Waals surface area (Å²) in [6.07, 6.45) is 2.01. The van der Waals surface area contributed by atoms with E-state index in [0.29, 0.717) is 50.3 Å². The van der Waals surface area contributed by atoms with Crippen LogP contribution in [-0.4, -0.2) is 85.4 Å². The molecule has 0 unspecified atom stereocenters. The Labute approximate surface area is 292 Å². The lowest BCUT2D eigenvalue weighted by atomic mass is 9.95. The van der Waals surface area contributed by atoms with E-state index < -0.39 is 25.8 Å². The van der Waals surface area contributed by atoms with Gasteiger partial charge in [-0.15, -0.1) is 0 Å². The third kappa shape index (κ3) is 6.17. The van der Waals surface area contributed by atoms with Gasteiger partial charge in [-0.3, -0.25) is 4.90 Å². The molecule has 8 nitrogen and oxygen atoms in total. The van der Waals surface area contributed by atoms with E-state index in [1.807, 2.05) is 19.1 Å². The molecule has 2 saturated heterocycles. The van der Waals surface area contributed by atoms with Crippen LogP contribution in [-0.2, 0) is 4.43 Å². The molecule has 0 N–H and O–H groups in total. The number of hydrogen-bond acceptors (Lipinski definition) is 8. The van der Waals surface area contributed by atoms with Gasteiger partial charge in [0.2, 0.25) is 5.88 Å². The number of rotatable bonds is 10. The molecule has 49 heavy (non-hydrogen) atoms. The van der Waals surface area contributed by atoms with Crippen LogP contribution in [0.1, 0.15) is 53.4 Å². The predicted octanol–water partition coefficient (Wildman–Crippen LogP) is 6.33. The molecule has 4 aromatic rings. The van der Waals surface area contributed by atoms with Crippen LogP contribution in [0.5, 0.6) is 11.9 Å². The minimum atomic E-state index is -2.73. The van der Waals surface area contributed by atoms with Crippen LogP contribution >= 0.6 is 11.6 Å². The fraction of sp³-hybridized carbons (Fsp3) is 0.486. The topological polar surface area (TPSA) is 72.8 Å². The van der Waals surface area contributed by atoms with Crippen LogP contribution in [0.4, 0.5) is 14.6 Å². The molecule has 2 aromatic heterocycles. The highest BCUT2D eigenvalue weighted by atomic mass is 35.5. The largest absolute Gasteiger partial charge is 0.475 e. The van der Waals surface area contributed by atoms with E-state index >= 15 is 4.39 Å². The number of halogens is 3. The fourth-order valence-electron chi connectivity index (χ4n) is 8.15. The van der Waals surface area contributed by atoms with Crippen molar-refractivity contribution in [3.63, 3.8) is 0 Å². The van der Waals surface area contributed by atoms with Crippen molar-refractivity contribution in [3.05, 3.63) is 71.6 Å². The molecular formula is C37H44ClF2N5O3Si.